The molecular formula is C20H25N3O2. The van der Waals surface area contributed by atoms with Crippen LogP contribution in [0.15, 0.2) is 47.8 Å². The van der Waals surface area contributed by atoms with Crippen molar-refractivity contribution in [1.29, 1.82) is 0 Å². The number of fused-ring (bicyclic) bond motifs is 1. The molecule has 2 aliphatic rings. The van der Waals surface area contributed by atoms with Gasteiger partial charge >= 0.3 is 0 Å². The molecule has 0 unspecified atom stereocenters. The van der Waals surface area contributed by atoms with E-state index in [0.29, 0.717) is 13.0 Å². The Morgan fingerprint density at radius 1 is 1.40 bits per heavy atom. The third kappa shape index (κ3) is 4.95. The zero-order valence-electron chi connectivity index (χ0n) is 14.7. The van der Waals surface area contributed by atoms with Crippen molar-refractivity contribution >= 4 is 11.7 Å². The van der Waals surface area contributed by atoms with Crippen LogP contribution < -0.4 is 10.6 Å². The number of hydrogen-bond donors (Lipinski definition) is 2. The van der Waals surface area contributed by atoms with Crippen molar-refractivity contribution in [2.24, 2.45) is 0 Å². The van der Waals surface area contributed by atoms with Crippen molar-refractivity contribution in [3.8, 4) is 0 Å². The summed E-state index contributed by atoms with van der Waals surface area (Å²) in [5, 5.41) is 6.32. The number of nitrogens with one attached hydrogen (secondary N) is 2. The van der Waals surface area contributed by atoms with E-state index in [1.54, 1.807) is 7.11 Å². The first-order chi connectivity index (χ1) is 12.2. The minimum absolute atomic E-state index is 0.0179. The van der Waals surface area contributed by atoms with Crippen LogP contribution in [0.2, 0.25) is 0 Å². The van der Waals surface area contributed by atoms with Crippen LogP contribution in [0, 0.1) is 0 Å². The van der Waals surface area contributed by atoms with Crippen molar-refractivity contribution in [1.82, 2.24) is 10.3 Å². The molecule has 0 atom stereocenters. The first kappa shape index (κ1) is 17.3. The molecule has 132 valence electrons. The third-order valence-electron chi connectivity index (χ3n) is 4.37. The van der Waals surface area contributed by atoms with E-state index >= 15 is 0 Å². The largest absolute Gasteiger partial charge is 0.497 e. The van der Waals surface area contributed by atoms with Gasteiger partial charge in [-0.2, -0.15) is 0 Å². The maximum Gasteiger partial charge on any atom is 0.224 e. The summed E-state index contributed by atoms with van der Waals surface area (Å²) in [4.78, 5) is 16.8. The molecule has 0 saturated carbocycles. The van der Waals surface area contributed by atoms with Crippen LogP contribution in [-0.4, -0.2) is 31.1 Å². The highest BCUT2D eigenvalue weighted by molar-refractivity contribution is 5.79. The molecule has 0 aromatic carbocycles. The van der Waals surface area contributed by atoms with E-state index in [1.807, 2.05) is 24.3 Å². The maximum atomic E-state index is 12.2. The van der Waals surface area contributed by atoms with E-state index in [-0.39, 0.29) is 5.91 Å². The number of allylic oxidation sites excluding steroid dienone is 4. The van der Waals surface area contributed by atoms with Gasteiger partial charge in [0.05, 0.1) is 13.5 Å². The van der Waals surface area contributed by atoms with Crippen LogP contribution in [-0.2, 0) is 22.4 Å². The van der Waals surface area contributed by atoms with Gasteiger partial charge in [-0.05, 0) is 48.6 Å². The topological polar surface area (TPSA) is 63.2 Å². The highest BCUT2D eigenvalue weighted by atomic mass is 16.5. The Morgan fingerprint density at radius 3 is 3.20 bits per heavy atom. The normalized spacial score (nSPS) is 16.0. The number of aryl methyl sites for hydroxylation is 1. The van der Waals surface area contributed by atoms with Gasteiger partial charge in [-0.1, -0.05) is 18.2 Å². The molecule has 0 bridgehead atoms. The molecule has 0 fully saturated rings. The summed E-state index contributed by atoms with van der Waals surface area (Å²) < 4.78 is 5.27. The number of pyridine rings is 1. The fourth-order valence-electron chi connectivity index (χ4n) is 3.03. The summed E-state index contributed by atoms with van der Waals surface area (Å²) in [5.41, 5.74) is 3.25. The molecule has 1 aliphatic carbocycles. The molecule has 5 heteroatoms. The lowest BCUT2D eigenvalue weighted by atomic mass is 10.1. The quantitative estimate of drug-likeness (QED) is 0.836. The van der Waals surface area contributed by atoms with E-state index < -0.39 is 0 Å². The second kappa shape index (κ2) is 8.51. The molecule has 1 aliphatic heterocycles. The monoisotopic (exact) mass is 339 g/mol. The van der Waals surface area contributed by atoms with Crippen LogP contribution >= 0.6 is 0 Å². The van der Waals surface area contributed by atoms with E-state index in [9.17, 15) is 4.79 Å². The molecule has 1 aromatic heterocycles. The van der Waals surface area contributed by atoms with E-state index in [1.165, 1.54) is 5.56 Å². The minimum Gasteiger partial charge on any atom is -0.497 e. The van der Waals surface area contributed by atoms with Crippen molar-refractivity contribution in [3.63, 3.8) is 0 Å². The summed E-state index contributed by atoms with van der Waals surface area (Å²) in [6.07, 6.45) is 12.1. The number of nitrogens with zero attached hydrogens (tertiary/aromatic N) is 1. The molecule has 2 N–H and O–H groups in total. The van der Waals surface area contributed by atoms with Crippen molar-refractivity contribution in [2.45, 2.75) is 32.1 Å². The van der Waals surface area contributed by atoms with Gasteiger partial charge in [-0.3, -0.25) is 4.79 Å². The molecule has 5 nitrogen and oxygen atoms in total. The number of methoxy groups -OCH3 is 1. The zero-order valence-corrected chi connectivity index (χ0v) is 14.7. The summed E-state index contributed by atoms with van der Waals surface area (Å²) in [7, 11) is 1.64. The van der Waals surface area contributed by atoms with Gasteiger partial charge in [0.25, 0.3) is 0 Å². The molecule has 1 amide bonds. The summed E-state index contributed by atoms with van der Waals surface area (Å²) >= 11 is 0. The molecule has 0 spiro atoms. The number of anilines is 1. The predicted octanol–water partition coefficient (Wildman–Crippen LogP) is 2.91. The first-order valence-corrected chi connectivity index (χ1v) is 8.85. The second-order valence-electron chi connectivity index (χ2n) is 6.29. The number of carbonyl (C=O) groups is 1. The summed E-state index contributed by atoms with van der Waals surface area (Å²) in [5.74, 6) is 1.82. The first-order valence-electron chi connectivity index (χ1n) is 8.85. The van der Waals surface area contributed by atoms with Gasteiger partial charge in [0.1, 0.15) is 11.6 Å². The van der Waals surface area contributed by atoms with E-state index in [0.717, 1.165) is 55.1 Å². The lowest BCUT2D eigenvalue weighted by Gasteiger charge is -2.17. The van der Waals surface area contributed by atoms with Crippen molar-refractivity contribution in [2.75, 3.05) is 25.5 Å². The van der Waals surface area contributed by atoms with Crippen LogP contribution in [0.4, 0.5) is 5.82 Å². The number of aromatic nitrogens is 1. The van der Waals surface area contributed by atoms with E-state index in [4.69, 9.17) is 4.74 Å². The molecule has 25 heavy (non-hydrogen) atoms. The van der Waals surface area contributed by atoms with E-state index in [2.05, 4.69) is 27.8 Å². The molecule has 2 heterocycles. The molecular weight excluding hydrogens is 314 g/mol. The van der Waals surface area contributed by atoms with Crippen molar-refractivity contribution < 1.29 is 9.53 Å². The summed E-state index contributed by atoms with van der Waals surface area (Å²) in [6.45, 7) is 1.58. The standard InChI is InChI=1S/C20H25N3O2/c1-25-18-7-3-2-5-15(13-18)14-19(24)21-12-10-17-9-8-16-6-4-11-22-20(16)23-17/h2,5,7-9,13H,3-4,6,10-12,14H2,1H3,(H,21,24)(H,22,23). The molecule has 3 rings (SSSR count). The number of hydrogen-bond acceptors (Lipinski definition) is 4. The number of ether oxygens (including phenoxy) is 1. The third-order valence-corrected chi connectivity index (χ3v) is 4.37. The van der Waals surface area contributed by atoms with Gasteiger partial charge in [0.2, 0.25) is 5.91 Å². The SMILES string of the molecule is COC1=CCC=CC(CC(=O)NCCc2ccc3c(n2)NCCC3)=C1. The average molecular weight is 339 g/mol. The fraction of sp³-hybridized carbons (Fsp3) is 0.400. The predicted molar refractivity (Wildman–Crippen MR) is 99.3 cm³/mol. The second-order valence-corrected chi connectivity index (χ2v) is 6.29. The molecule has 1 aromatic rings. The number of amides is 1. The smallest absolute Gasteiger partial charge is 0.224 e. The van der Waals surface area contributed by atoms with Gasteiger partial charge in [-0.15, -0.1) is 0 Å². The highest BCUT2D eigenvalue weighted by Crippen LogP contribution is 2.19. The maximum absolute atomic E-state index is 12.2. The lowest BCUT2D eigenvalue weighted by molar-refractivity contribution is -0.120. The number of carbonyl (C=O) groups excluding carboxylic acids is 1. The Hall–Kier alpha value is -2.56. The Kier molecular flexibility index (Phi) is 5.88. The highest BCUT2D eigenvalue weighted by Gasteiger charge is 2.11. The number of rotatable bonds is 6. The Bertz CT molecular complexity index is 720. The molecule has 0 radical (unpaired) electrons. The fourth-order valence-corrected chi connectivity index (χ4v) is 3.03. The van der Waals surface area contributed by atoms with Crippen molar-refractivity contribution in [3.05, 3.63) is 59.0 Å². The molecule has 0 saturated heterocycles. The summed E-state index contributed by atoms with van der Waals surface area (Å²) in [6, 6.07) is 4.20. The lowest BCUT2D eigenvalue weighted by Crippen LogP contribution is -2.26. The average Bonchev–Trinajstić information content (AvgIpc) is 2.86. The van der Waals surface area contributed by atoms with Crippen LogP contribution in [0.5, 0.6) is 0 Å². The van der Waals surface area contributed by atoms with Gasteiger partial charge in [0.15, 0.2) is 0 Å². The van der Waals surface area contributed by atoms with Crippen LogP contribution in [0.25, 0.3) is 0 Å². The Labute approximate surface area is 148 Å². The Balaban J connectivity index is 1.48. The Morgan fingerprint density at radius 2 is 2.32 bits per heavy atom. The van der Waals surface area contributed by atoms with Gasteiger partial charge < -0.3 is 15.4 Å². The van der Waals surface area contributed by atoms with Gasteiger partial charge in [-0.25, -0.2) is 4.98 Å². The van der Waals surface area contributed by atoms with Crippen LogP contribution in [0.3, 0.4) is 0 Å². The van der Waals surface area contributed by atoms with Gasteiger partial charge in [0, 0.05) is 25.2 Å². The minimum atomic E-state index is 0.0179. The zero-order chi connectivity index (χ0) is 17.5. The van der Waals surface area contributed by atoms with Crippen LogP contribution in [0.1, 0.15) is 30.5 Å².